The molecule has 6 nitrogen and oxygen atoms in total. The zero-order valence-electron chi connectivity index (χ0n) is 20.6. The Kier molecular flexibility index (Phi) is 14.8. The first-order valence-electron chi connectivity index (χ1n) is 12.2. The van der Waals surface area contributed by atoms with Gasteiger partial charge >= 0.3 is 0 Å². The predicted octanol–water partition coefficient (Wildman–Crippen LogP) is 6.90. The van der Waals surface area contributed by atoms with Gasteiger partial charge < -0.3 is 23.8 Å². The van der Waals surface area contributed by atoms with E-state index in [-0.39, 0.29) is 0 Å². The maximum Gasteiger partial charge on any atom is 0.218 e. The Bertz CT molecular complexity index is 602. The van der Waals surface area contributed by atoms with Crippen molar-refractivity contribution in [3.05, 3.63) is 5.56 Å². The third-order valence-electron chi connectivity index (χ3n) is 4.82. The molecule has 0 atom stereocenters. The van der Waals surface area contributed by atoms with Gasteiger partial charge in [0.25, 0.3) is 0 Å². The Morgan fingerprint density at radius 3 is 1.42 bits per heavy atom. The van der Waals surface area contributed by atoms with E-state index in [1.54, 1.807) is 0 Å². The second-order valence-corrected chi connectivity index (χ2v) is 7.22. The second kappa shape index (κ2) is 16.8. The summed E-state index contributed by atoms with van der Waals surface area (Å²) in [6.45, 7) is 14.3. The first-order valence-corrected chi connectivity index (χ1v) is 12.2. The Labute approximate surface area is 189 Å². The first kappa shape index (κ1) is 27.2. The Balaban J connectivity index is 3.35. The molecule has 1 aromatic carbocycles. The molecule has 0 radical (unpaired) electrons. The first-order chi connectivity index (χ1) is 15.2. The molecule has 0 heterocycles. The molecule has 0 aliphatic rings. The molecule has 180 valence electrons. The van der Waals surface area contributed by atoms with Gasteiger partial charge in [0.2, 0.25) is 23.0 Å². The highest BCUT2D eigenvalue weighted by Gasteiger charge is 2.30. The number of hydrogen-bond acceptors (Lipinski definition) is 6. The van der Waals surface area contributed by atoms with Crippen molar-refractivity contribution in [2.24, 2.45) is 0 Å². The van der Waals surface area contributed by atoms with Gasteiger partial charge in [-0.3, -0.25) is 0 Å². The summed E-state index contributed by atoms with van der Waals surface area (Å²) in [5.74, 6) is 2.80. The smallest absolute Gasteiger partial charge is 0.218 e. The van der Waals surface area contributed by atoms with Crippen molar-refractivity contribution in [1.82, 2.24) is 0 Å². The predicted molar refractivity (Wildman–Crippen MR) is 125 cm³/mol. The molecule has 0 aliphatic heterocycles. The van der Waals surface area contributed by atoms with Crippen LogP contribution in [0.3, 0.4) is 0 Å². The van der Waals surface area contributed by atoms with Crippen molar-refractivity contribution in [2.45, 2.75) is 92.9 Å². The number of benzene rings is 1. The van der Waals surface area contributed by atoms with E-state index in [1.165, 1.54) is 32.1 Å². The third-order valence-corrected chi connectivity index (χ3v) is 4.82. The van der Waals surface area contributed by atoms with Gasteiger partial charge in [0.15, 0.2) is 5.75 Å². The molecular weight excluding hydrogens is 396 g/mol. The van der Waals surface area contributed by atoms with Crippen LogP contribution in [0.2, 0.25) is 0 Å². The number of ether oxygens (including phenoxy) is 4. The van der Waals surface area contributed by atoms with Crippen LogP contribution in [-0.2, 0) is 11.3 Å². The topological polar surface area (TPSA) is 55.4 Å². The fourth-order valence-corrected chi connectivity index (χ4v) is 3.50. The molecule has 0 aromatic heterocycles. The Morgan fingerprint density at radius 2 is 0.903 bits per heavy atom. The van der Waals surface area contributed by atoms with Gasteiger partial charge in [0.05, 0.1) is 33.0 Å². The molecule has 0 aliphatic carbocycles. The van der Waals surface area contributed by atoms with Crippen molar-refractivity contribution in [3.63, 3.8) is 0 Å². The van der Waals surface area contributed by atoms with E-state index in [0.717, 1.165) is 24.8 Å². The van der Waals surface area contributed by atoms with Crippen molar-refractivity contribution in [2.75, 3.05) is 33.0 Å². The second-order valence-electron chi connectivity index (χ2n) is 7.22. The van der Waals surface area contributed by atoms with Crippen LogP contribution in [0.5, 0.6) is 28.7 Å². The van der Waals surface area contributed by atoms with Crippen LogP contribution in [0.1, 0.15) is 92.1 Å². The maximum atomic E-state index is 6.08. The molecule has 0 saturated heterocycles. The minimum Gasteiger partial charge on any atom is -0.489 e. The molecule has 1 aromatic rings. The molecule has 0 N–H and O–H groups in total. The van der Waals surface area contributed by atoms with E-state index in [0.29, 0.717) is 61.8 Å². The van der Waals surface area contributed by atoms with Crippen molar-refractivity contribution in [1.29, 1.82) is 0 Å². The summed E-state index contributed by atoms with van der Waals surface area (Å²) in [5.41, 5.74) is 0.916. The Morgan fingerprint density at radius 1 is 0.452 bits per heavy atom. The molecule has 0 amide bonds. The van der Waals surface area contributed by atoms with E-state index in [1.807, 2.05) is 34.6 Å². The fourth-order valence-electron chi connectivity index (χ4n) is 3.50. The highest BCUT2D eigenvalue weighted by atomic mass is 17.2. The zero-order chi connectivity index (χ0) is 22.9. The van der Waals surface area contributed by atoms with Crippen LogP contribution < -0.4 is 23.8 Å². The highest BCUT2D eigenvalue weighted by Crippen LogP contribution is 2.54. The van der Waals surface area contributed by atoms with Crippen LogP contribution in [0.25, 0.3) is 0 Å². The fraction of sp³-hybridized carbons (Fsp3) is 0.760. The summed E-state index contributed by atoms with van der Waals surface area (Å²) in [6.07, 6.45) is 9.39. The lowest BCUT2D eigenvalue weighted by molar-refractivity contribution is -0.203. The van der Waals surface area contributed by atoms with Crippen LogP contribution in [0, 0.1) is 0 Å². The largest absolute Gasteiger partial charge is 0.489 e. The quantitative estimate of drug-likeness (QED) is 0.132. The summed E-state index contributed by atoms with van der Waals surface area (Å²) in [4.78, 5) is 11.1. The minimum absolute atomic E-state index is 0.420. The molecule has 31 heavy (non-hydrogen) atoms. The molecule has 0 saturated carbocycles. The lowest BCUT2D eigenvalue weighted by Crippen LogP contribution is -2.11. The summed E-state index contributed by atoms with van der Waals surface area (Å²) in [5, 5.41) is 0. The molecule has 0 bridgehead atoms. The highest BCUT2D eigenvalue weighted by molar-refractivity contribution is 5.70. The lowest BCUT2D eigenvalue weighted by atomic mass is 10.0. The molecule has 0 fully saturated rings. The zero-order valence-corrected chi connectivity index (χ0v) is 20.6. The molecular formula is C25H44O6. The van der Waals surface area contributed by atoms with Crippen molar-refractivity contribution >= 4 is 0 Å². The van der Waals surface area contributed by atoms with Crippen LogP contribution >= 0.6 is 0 Å². The van der Waals surface area contributed by atoms with E-state index in [2.05, 4.69) is 6.92 Å². The van der Waals surface area contributed by atoms with Crippen molar-refractivity contribution < 1.29 is 28.7 Å². The van der Waals surface area contributed by atoms with Gasteiger partial charge in [0.1, 0.15) is 0 Å². The molecule has 0 spiro atoms. The number of hydrogen-bond donors (Lipinski definition) is 0. The summed E-state index contributed by atoms with van der Waals surface area (Å²) >= 11 is 0. The third kappa shape index (κ3) is 8.68. The minimum atomic E-state index is 0.420. The normalized spacial score (nSPS) is 10.8. The number of unbranched alkanes of at least 4 members (excludes halogenated alkanes) is 6. The van der Waals surface area contributed by atoms with Gasteiger partial charge in [-0.25, -0.2) is 0 Å². The summed E-state index contributed by atoms with van der Waals surface area (Å²) in [7, 11) is 0. The molecule has 6 heteroatoms. The lowest BCUT2D eigenvalue weighted by Gasteiger charge is -2.24. The van der Waals surface area contributed by atoms with E-state index >= 15 is 0 Å². The molecule has 0 unspecified atom stereocenters. The van der Waals surface area contributed by atoms with Crippen LogP contribution in [-0.4, -0.2) is 33.0 Å². The van der Waals surface area contributed by atoms with Gasteiger partial charge in [0, 0.05) is 5.56 Å². The standard InChI is InChI=1S/C25H44O6/c1-7-13-14-15-16-17-18-19-20-21(26-8-2)23(27-9-3)25(29-11-5)24(28-10-4)22(20)31-30-12-6/h7-19H2,1-6H3. The average molecular weight is 441 g/mol. The van der Waals surface area contributed by atoms with Gasteiger partial charge in [-0.15, -0.1) is 0 Å². The maximum absolute atomic E-state index is 6.08. The van der Waals surface area contributed by atoms with Crippen LogP contribution in [0.15, 0.2) is 0 Å². The average Bonchev–Trinajstić information content (AvgIpc) is 2.77. The van der Waals surface area contributed by atoms with E-state index < -0.39 is 0 Å². The molecule has 1 rings (SSSR count). The van der Waals surface area contributed by atoms with Gasteiger partial charge in [-0.1, -0.05) is 45.4 Å². The number of rotatable bonds is 19. The van der Waals surface area contributed by atoms with E-state index in [4.69, 9.17) is 28.7 Å². The van der Waals surface area contributed by atoms with Gasteiger partial charge in [-0.2, -0.15) is 4.89 Å². The van der Waals surface area contributed by atoms with Crippen LogP contribution in [0.4, 0.5) is 0 Å². The SMILES string of the molecule is CCCCCCCCCc1c(OCC)c(OCC)c(OCC)c(OCC)c1OOCC. The Hall–Kier alpha value is -1.82. The summed E-state index contributed by atoms with van der Waals surface area (Å²) in [6, 6.07) is 0. The van der Waals surface area contributed by atoms with Crippen molar-refractivity contribution in [3.8, 4) is 28.7 Å². The van der Waals surface area contributed by atoms with E-state index in [9.17, 15) is 0 Å². The summed E-state index contributed by atoms with van der Waals surface area (Å²) < 4.78 is 24.0. The van der Waals surface area contributed by atoms with Gasteiger partial charge in [-0.05, 0) is 47.5 Å². The monoisotopic (exact) mass is 440 g/mol.